The average molecular weight is 467 g/mol. The molecule has 33 heavy (non-hydrogen) atoms. The molecule has 2 aromatic carbocycles. The van der Waals surface area contributed by atoms with E-state index in [1.165, 1.54) is 29.8 Å². The molecule has 3 aromatic heterocycles. The molecule has 0 radical (unpaired) electrons. The molecule has 6 nitrogen and oxygen atoms in total. The number of benzene rings is 2. The minimum atomic E-state index is -4.40. The number of hydrogen-bond donors (Lipinski definition) is 1. The van der Waals surface area contributed by atoms with Crippen LogP contribution in [0.4, 0.5) is 13.2 Å². The van der Waals surface area contributed by atoms with E-state index >= 15 is 0 Å². The third-order valence-corrected chi connectivity index (χ3v) is 6.19. The van der Waals surface area contributed by atoms with Crippen molar-refractivity contribution >= 4 is 38.5 Å². The predicted octanol–water partition coefficient (Wildman–Crippen LogP) is 5.29. The fraction of sp³-hybridized carbons (Fsp3) is 0.130. The van der Waals surface area contributed by atoms with Gasteiger partial charge in [0.15, 0.2) is 5.65 Å². The predicted molar refractivity (Wildman–Crippen MR) is 119 cm³/mol. The first kappa shape index (κ1) is 21.1. The fourth-order valence-corrected chi connectivity index (χ4v) is 4.60. The third kappa shape index (κ3) is 3.93. The molecule has 0 atom stereocenters. The van der Waals surface area contributed by atoms with Gasteiger partial charge in [-0.05, 0) is 55.5 Å². The van der Waals surface area contributed by atoms with Crippen molar-refractivity contribution in [3.05, 3.63) is 82.9 Å². The topological polar surface area (TPSA) is 72.7 Å². The Bertz CT molecular complexity index is 1470. The van der Waals surface area contributed by atoms with Gasteiger partial charge in [-0.25, -0.2) is 15.0 Å². The lowest BCUT2D eigenvalue weighted by molar-refractivity contribution is -0.137. The van der Waals surface area contributed by atoms with Crippen LogP contribution in [0, 0.1) is 6.92 Å². The van der Waals surface area contributed by atoms with E-state index in [1.807, 2.05) is 11.5 Å². The smallest absolute Gasteiger partial charge is 0.346 e. The zero-order valence-corrected chi connectivity index (χ0v) is 18.0. The number of amides is 1. The minimum Gasteiger partial charge on any atom is -0.346 e. The standard InChI is InChI=1S/C23H16F3N5OS/c1-13-30-21-20(33-13)18-10-14(22(32)28-11-16-8-9-27-12-29-16)2-7-19(18)31(21)17-5-3-15(4-6-17)23(24,25)26/h2-10,12H,11H2,1H3,(H,28,32). The molecule has 0 aliphatic heterocycles. The van der Waals surface area contributed by atoms with Gasteiger partial charge < -0.3 is 5.32 Å². The van der Waals surface area contributed by atoms with Crippen LogP contribution in [0.1, 0.15) is 26.6 Å². The summed E-state index contributed by atoms with van der Waals surface area (Å²) in [5.74, 6) is -0.257. The van der Waals surface area contributed by atoms with Crippen LogP contribution in [0.15, 0.2) is 61.1 Å². The lowest BCUT2D eigenvalue weighted by Crippen LogP contribution is -2.23. The molecule has 0 bridgehead atoms. The van der Waals surface area contributed by atoms with Crippen LogP contribution in [0.2, 0.25) is 0 Å². The van der Waals surface area contributed by atoms with E-state index < -0.39 is 11.7 Å². The quantitative estimate of drug-likeness (QED) is 0.390. The Labute approximate surface area is 189 Å². The molecule has 3 heterocycles. The monoisotopic (exact) mass is 467 g/mol. The van der Waals surface area contributed by atoms with Crippen molar-refractivity contribution in [1.82, 2.24) is 24.8 Å². The van der Waals surface area contributed by atoms with Crippen molar-refractivity contribution in [3.8, 4) is 5.69 Å². The van der Waals surface area contributed by atoms with Gasteiger partial charge in [-0.15, -0.1) is 11.3 Å². The van der Waals surface area contributed by atoms with Gasteiger partial charge in [0.25, 0.3) is 5.91 Å². The molecule has 0 saturated heterocycles. The van der Waals surface area contributed by atoms with Crippen molar-refractivity contribution < 1.29 is 18.0 Å². The Hall–Kier alpha value is -3.79. The second kappa shape index (κ2) is 7.96. The number of alkyl halides is 3. The van der Waals surface area contributed by atoms with Crippen molar-refractivity contribution in [1.29, 1.82) is 0 Å². The summed E-state index contributed by atoms with van der Waals surface area (Å²) in [6.07, 6.45) is -1.38. The molecule has 0 aliphatic rings. The Kier molecular flexibility index (Phi) is 5.09. The second-order valence-electron chi connectivity index (χ2n) is 7.38. The molecule has 0 fully saturated rings. The highest BCUT2D eigenvalue weighted by molar-refractivity contribution is 7.19. The van der Waals surface area contributed by atoms with Crippen LogP contribution >= 0.6 is 11.3 Å². The summed E-state index contributed by atoms with van der Waals surface area (Å²) in [5, 5.41) is 4.47. The van der Waals surface area contributed by atoms with E-state index in [-0.39, 0.29) is 12.5 Å². The Morgan fingerprint density at radius 3 is 2.61 bits per heavy atom. The summed E-state index contributed by atoms with van der Waals surface area (Å²) >= 11 is 1.47. The summed E-state index contributed by atoms with van der Waals surface area (Å²) in [4.78, 5) is 25.3. The molecule has 1 amide bonds. The molecule has 10 heteroatoms. The first-order valence-electron chi connectivity index (χ1n) is 9.93. The van der Waals surface area contributed by atoms with E-state index in [9.17, 15) is 18.0 Å². The van der Waals surface area contributed by atoms with E-state index in [0.717, 1.165) is 32.7 Å². The lowest BCUT2D eigenvalue weighted by atomic mass is 10.1. The number of thiazole rings is 1. The van der Waals surface area contributed by atoms with Gasteiger partial charge in [-0.3, -0.25) is 9.36 Å². The number of carbonyl (C=O) groups excluding carboxylic acids is 1. The van der Waals surface area contributed by atoms with E-state index in [1.54, 1.807) is 30.5 Å². The van der Waals surface area contributed by atoms with Crippen molar-refractivity contribution in [2.75, 3.05) is 0 Å². The number of fused-ring (bicyclic) bond motifs is 3. The number of halogens is 3. The maximum absolute atomic E-state index is 13.0. The van der Waals surface area contributed by atoms with Gasteiger partial charge in [-0.1, -0.05) is 0 Å². The second-order valence-corrected chi connectivity index (χ2v) is 8.58. The average Bonchev–Trinajstić information content (AvgIpc) is 3.32. The number of hydrogen-bond acceptors (Lipinski definition) is 5. The normalized spacial score (nSPS) is 11.9. The first-order chi connectivity index (χ1) is 15.8. The highest BCUT2D eigenvalue weighted by atomic mass is 32.1. The maximum atomic E-state index is 13.0. The molecular formula is C23H16F3N5OS. The number of aryl methyl sites for hydroxylation is 1. The minimum absolute atomic E-state index is 0.257. The lowest BCUT2D eigenvalue weighted by Gasteiger charge is -2.10. The van der Waals surface area contributed by atoms with E-state index in [2.05, 4.69) is 20.3 Å². The van der Waals surface area contributed by atoms with Crippen molar-refractivity contribution in [2.45, 2.75) is 19.6 Å². The van der Waals surface area contributed by atoms with Gasteiger partial charge in [0.1, 0.15) is 6.33 Å². The molecule has 0 spiro atoms. The van der Waals surface area contributed by atoms with Crippen LogP contribution in [-0.4, -0.2) is 25.4 Å². The molecule has 0 saturated carbocycles. The molecule has 1 N–H and O–H groups in total. The number of carbonyl (C=O) groups is 1. The van der Waals surface area contributed by atoms with Gasteiger partial charge in [0, 0.05) is 22.8 Å². The number of nitrogens with zero attached hydrogens (tertiary/aromatic N) is 4. The summed E-state index contributed by atoms with van der Waals surface area (Å²) in [7, 11) is 0. The van der Waals surface area contributed by atoms with E-state index in [4.69, 9.17) is 0 Å². The van der Waals surface area contributed by atoms with Crippen molar-refractivity contribution in [2.24, 2.45) is 0 Å². The number of aromatic nitrogens is 4. The Morgan fingerprint density at radius 1 is 1.12 bits per heavy atom. The molecule has 5 aromatic rings. The van der Waals surface area contributed by atoms with Crippen LogP contribution in [0.5, 0.6) is 0 Å². The number of rotatable bonds is 4. The van der Waals surface area contributed by atoms with Crippen LogP contribution in [-0.2, 0) is 12.7 Å². The molecule has 166 valence electrons. The molecule has 0 aliphatic carbocycles. The summed E-state index contributed by atoms with van der Waals surface area (Å²) < 4.78 is 41.7. The van der Waals surface area contributed by atoms with Gasteiger partial charge >= 0.3 is 6.18 Å². The molecular weight excluding hydrogens is 451 g/mol. The van der Waals surface area contributed by atoms with Gasteiger partial charge in [0.05, 0.1) is 33.0 Å². The van der Waals surface area contributed by atoms with Gasteiger partial charge in [-0.2, -0.15) is 13.2 Å². The number of nitrogens with one attached hydrogen (secondary N) is 1. The summed E-state index contributed by atoms with van der Waals surface area (Å²) in [5.41, 5.74) is 2.41. The summed E-state index contributed by atoms with van der Waals surface area (Å²) in [6, 6.07) is 12.0. The Morgan fingerprint density at radius 2 is 1.91 bits per heavy atom. The fourth-order valence-electron chi connectivity index (χ4n) is 3.67. The maximum Gasteiger partial charge on any atom is 0.416 e. The van der Waals surface area contributed by atoms with Crippen LogP contribution in [0.3, 0.4) is 0 Å². The highest BCUT2D eigenvalue weighted by Crippen LogP contribution is 2.37. The van der Waals surface area contributed by atoms with Gasteiger partial charge in [0.2, 0.25) is 0 Å². The van der Waals surface area contributed by atoms with Crippen molar-refractivity contribution in [3.63, 3.8) is 0 Å². The summed E-state index contributed by atoms with van der Waals surface area (Å²) in [6.45, 7) is 2.13. The highest BCUT2D eigenvalue weighted by Gasteiger charge is 2.30. The van der Waals surface area contributed by atoms with Crippen LogP contribution < -0.4 is 5.32 Å². The van der Waals surface area contributed by atoms with E-state index in [0.29, 0.717) is 22.6 Å². The largest absolute Gasteiger partial charge is 0.416 e. The molecule has 0 unspecified atom stereocenters. The SMILES string of the molecule is Cc1nc2c(s1)c1cc(C(=O)NCc3ccncn3)ccc1n2-c1ccc(C(F)(F)F)cc1. The zero-order valence-electron chi connectivity index (χ0n) is 17.2. The van der Waals surface area contributed by atoms with Crippen LogP contribution in [0.25, 0.3) is 26.9 Å². The first-order valence-corrected chi connectivity index (χ1v) is 10.8. The zero-order chi connectivity index (χ0) is 23.2. The molecule has 5 rings (SSSR count). The third-order valence-electron chi connectivity index (χ3n) is 5.20. The Balaban J connectivity index is 1.55.